The molecule has 0 unspecified atom stereocenters. The van der Waals surface area contributed by atoms with E-state index in [1.807, 2.05) is 83.8 Å². The highest BCUT2D eigenvalue weighted by molar-refractivity contribution is 5.98. The molecule has 1 heterocycles. The number of benzene rings is 3. The molecular weight excluding hydrogens is 448 g/mol. The fraction of sp³-hybridized carbons (Fsp3) is 0.259. The molecule has 0 aliphatic carbocycles. The van der Waals surface area contributed by atoms with Gasteiger partial charge in [0.05, 0.1) is 0 Å². The number of nitrogens with one attached hydrogen (secondary N) is 2. The molecule has 3 aromatic rings. The van der Waals surface area contributed by atoms with E-state index < -0.39 is 6.04 Å². The van der Waals surface area contributed by atoms with Gasteiger partial charge in [-0.05, 0) is 73.3 Å². The van der Waals surface area contributed by atoms with Crippen molar-refractivity contribution < 1.29 is 9.59 Å². The lowest BCUT2D eigenvalue weighted by Crippen LogP contribution is -2.35. The fourth-order valence-electron chi connectivity index (χ4n) is 4.11. The zero-order valence-corrected chi connectivity index (χ0v) is 19.9. The van der Waals surface area contributed by atoms with Crippen LogP contribution >= 0.6 is 12.4 Å². The first-order valence-electron chi connectivity index (χ1n) is 11.5. The number of anilines is 3. The maximum absolute atomic E-state index is 13.3. The molecule has 4 rings (SSSR count). The smallest absolute Gasteiger partial charge is 0.251 e. The largest absolute Gasteiger partial charge is 0.370 e. The SMILES string of the molecule is Cl.NCCc1cccc(N[C@H](C(=O)Nc2ccc(N3CCCCC3=O)cc2)c2ccccc2)c1. The molecule has 34 heavy (non-hydrogen) atoms. The number of carbonyl (C=O) groups excluding carboxylic acids is 2. The summed E-state index contributed by atoms with van der Waals surface area (Å²) in [5.74, 6) is -0.00419. The first-order valence-corrected chi connectivity index (χ1v) is 11.5. The van der Waals surface area contributed by atoms with Gasteiger partial charge in [0.1, 0.15) is 6.04 Å². The highest BCUT2D eigenvalue weighted by Gasteiger charge is 2.22. The van der Waals surface area contributed by atoms with E-state index >= 15 is 0 Å². The Kier molecular flexibility index (Phi) is 9.08. The standard InChI is InChI=1S/C27H30N4O2.ClH/c28-17-16-20-7-6-10-23(19-20)29-26(21-8-2-1-3-9-21)27(33)30-22-12-14-24(15-13-22)31-18-5-4-11-25(31)32;/h1-3,6-10,12-15,19,26,29H,4-5,11,16-18,28H2,(H,30,33);1H/t26-;/m0./s1. The van der Waals surface area contributed by atoms with Gasteiger partial charge < -0.3 is 21.3 Å². The summed E-state index contributed by atoms with van der Waals surface area (Å²) in [7, 11) is 0. The zero-order chi connectivity index (χ0) is 23.0. The predicted octanol–water partition coefficient (Wildman–Crippen LogP) is 4.92. The molecule has 1 atom stereocenters. The van der Waals surface area contributed by atoms with Gasteiger partial charge in [0.25, 0.3) is 5.91 Å². The number of rotatable bonds is 8. The summed E-state index contributed by atoms with van der Waals surface area (Å²) in [6.07, 6.45) is 3.34. The quantitative estimate of drug-likeness (QED) is 0.429. The highest BCUT2D eigenvalue weighted by Crippen LogP contribution is 2.25. The van der Waals surface area contributed by atoms with E-state index in [4.69, 9.17) is 5.73 Å². The Labute approximate surface area is 206 Å². The lowest BCUT2D eigenvalue weighted by molar-refractivity contribution is -0.119. The van der Waals surface area contributed by atoms with Crippen molar-refractivity contribution in [3.8, 4) is 0 Å². The van der Waals surface area contributed by atoms with Crippen LogP contribution in [0.15, 0.2) is 78.9 Å². The van der Waals surface area contributed by atoms with Gasteiger partial charge in [-0.3, -0.25) is 9.59 Å². The molecule has 0 aromatic heterocycles. The number of piperidine rings is 1. The summed E-state index contributed by atoms with van der Waals surface area (Å²) in [5.41, 5.74) is 10.1. The highest BCUT2D eigenvalue weighted by atomic mass is 35.5. The van der Waals surface area contributed by atoms with Crippen molar-refractivity contribution in [2.75, 3.05) is 28.6 Å². The summed E-state index contributed by atoms with van der Waals surface area (Å²) >= 11 is 0. The first kappa shape index (κ1) is 25.3. The Morgan fingerprint density at radius 3 is 2.41 bits per heavy atom. The van der Waals surface area contributed by atoms with E-state index in [1.54, 1.807) is 0 Å². The minimum atomic E-state index is -0.567. The van der Waals surface area contributed by atoms with Crippen LogP contribution in [0.2, 0.25) is 0 Å². The van der Waals surface area contributed by atoms with Crippen LogP contribution in [0, 0.1) is 0 Å². The van der Waals surface area contributed by atoms with Crippen molar-refractivity contribution in [3.05, 3.63) is 90.0 Å². The molecule has 7 heteroatoms. The molecular formula is C27H31ClN4O2. The first-order chi connectivity index (χ1) is 16.1. The maximum atomic E-state index is 13.3. The molecule has 1 aliphatic heterocycles. The average molecular weight is 479 g/mol. The van der Waals surface area contributed by atoms with Gasteiger partial charge in [0, 0.05) is 30.0 Å². The number of amides is 2. The Balaban J connectivity index is 0.00000324. The monoisotopic (exact) mass is 478 g/mol. The van der Waals surface area contributed by atoms with Gasteiger partial charge in [-0.15, -0.1) is 12.4 Å². The fourth-order valence-corrected chi connectivity index (χ4v) is 4.11. The van der Waals surface area contributed by atoms with Crippen LogP contribution in [0.25, 0.3) is 0 Å². The number of hydrogen-bond donors (Lipinski definition) is 3. The second kappa shape index (κ2) is 12.2. The Bertz CT molecular complexity index is 1090. The van der Waals surface area contributed by atoms with Crippen LogP contribution in [-0.2, 0) is 16.0 Å². The Hall–Kier alpha value is -3.35. The van der Waals surface area contributed by atoms with E-state index in [0.717, 1.165) is 48.3 Å². The van der Waals surface area contributed by atoms with Crippen molar-refractivity contribution in [1.29, 1.82) is 0 Å². The molecule has 0 spiro atoms. The third kappa shape index (κ3) is 6.37. The van der Waals surface area contributed by atoms with E-state index in [-0.39, 0.29) is 24.2 Å². The van der Waals surface area contributed by atoms with Gasteiger partial charge in [-0.2, -0.15) is 0 Å². The minimum Gasteiger partial charge on any atom is -0.370 e. The Morgan fingerprint density at radius 2 is 1.71 bits per heavy atom. The number of nitrogens with two attached hydrogens (primary N) is 1. The van der Waals surface area contributed by atoms with Crippen LogP contribution in [0.5, 0.6) is 0 Å². The van der Waals surface area contributed by atoms with E-state index in [2.05, 4.69) is 10.6 Å². The van der Waals surface area contributed by atoms with Crippen molar-refractivity contribution in [3.63, 3.8) is 0 Å². The molecule has 4 N–H and O–H groups in total. The Morgan fingerprint density at radius 1 is 0.941 bits per heavy atom. The predicted molar refractivity (Wildman–Crippen MR) is 141 cm³/mol. The lowest BCUT2D eigenvalue weighted by atomic mass is 10.0. The number of halogens is 1. The van der Waals surface area contributed by atoms with Crippen molar-refractivity contribution >= 4 is 41.3 Å². The van der Waals surface area contributed by atoms with Crippen LogP contribution < -0.4 is 21.3 Å². The third-order valence-electron chi connectivity index (χ3n) is 5.84. The van der Waals surface area contributed by atoms with E-state index in [0.29, 0.717) is 18.7 Å². The lowest BCUT2D eigenvalue weighted by Gasteiger charge is -2.27. The van der Waals surface area contributed by atoms with Crippen LogP contribution in [-0.4, -0.2) is 24.9 Å². The van der Waals surface area contributed by atoms with Crippen LogP contribution in [0.4, 0.5) is 17.1 Å². The topological polar surface area (TPSA) is 87.5 Å². The van der Waals surface area contributed by atoms with Crippen molar-refractivity contribution in [2.24, 2.45) is 5.73 Å². The molecule has 1 aliphatic rings. The normalized spacial score (nSPS) is 14.1. The third-order valence-corrected chi connectivity index (χ3v) is 5.84. The summed E-state index contributed by atoms with van der Waals surface area (Å²) in [4.78, 5) is 27.3. The molecule has 3 aromatic carbocycles. The molecule has 0 bridgehead atoms. The summed E-state index contributed by atoms with van der Waals surface area (Å²) in [5, 5.41) is 6.39. The van der Waals surface area contributed by atoms with Crippen LogP contribution in [0.1, 0.15) is 36.4 Å². The summed E-state index contributed by atoms with van der Waals surface area (Å²) in [6.45, 7) is 1.32. The van der Waals surface area contributed by atoms with Gasteiger partial charge in [0.15, 0.2) is 0 Å². The summed E-state index contributed by atoms with van der Waals surface area (Å²) < 4.78 is 0. The minimum absolute atomic E-state index is 0. The van der Waals surface area contributed by atoms with Gasteiger partial charge in [-0.1, -0.05) is 42.5 Å². The second-order valence-electron chi connectivity index (χ2n) is 8.27. The molecule has 6 nitrogen and oxygen atoms in total. The average Bonchev–Trinajstić information content (AvgIpc) is 2.84. The summed E-state index contributed by atoms with van der Waals surface area (Å²) in [6, 6.07) is 24.5. The molecule has 0 radical (unpaired) electrons. The van der Waals surface area contributed by atoms with Gasteiger partial charge >= 0.3 is 0 Å². The zero-order valence-electron chi connectivity index (χ0n) is 19.1. The van der Waals surface area contributed by atoms with Crippen molar-refractivity contribution in [1.82, 2.24) is 0 Å². The second-order valence-corrected chi connectivity index (χ2v) is 8.27. The van der Waals surface area contributed by atoms with Crippen LogP contribution in [0.3, 0.4) is 0 Å². The molecule has 2 amide bonds. The molecule has 0 saturated carbocycles. The van der Waals surface area contributed by atoms with E-state index in [9.17, 15) is 9.59 Å². The molecule has 1 fully saturated rings. The molecule has 1 saturated heterocycles. The number of carbonyl (C=O) groups is 2. The van der Waals surface area contributed by atoms with Gasteiger partial charge in [-0.25, -0.2) is 0 Å². The number of hydrogen-bond acceptors (Lipinski definition) is 4. The van der Waals surface area contributed by atoms with Crippen molar-refractivity contribution in [2.45, 2.75) is 31.7 Å². The van der Waals surface area contributed by atoms with E-state index in [1.165, 1.54) is 0 Å². The molecule has 178 valence electrons. The number of nitrogens with zero attached hydrogens (tertiary/aromatic N) is 1. The maximum Gasteiger partial charge on any atom is 0.251 e. The van der Waals surface area contributed by atoms with Gasteiger partial charge in [0.2, 0.25) is 5.91 Å².